The van der Waals surface area contributed by atoms with Gasteiger partial charge in [0.1, 0.15) is 16.7 Å². The third-order valence-electron chi connectivity index (χ3n) is 7.46. The molecule has 4 aliphatic rings. The molecule has 7 nitrogen and oxygen atoms in total. The molecule has 190 valence electrons. The monoisotopic (exact) mass is 530 g/mol. The van der Waals surface area contributed by atoms with E-state index in [1.165, 1.54) is 18.9 Å². The molecule has 0 amide bonds. The Morgan fingerprint density at radius 3 is 2.63 bits per heavy atom. The summed E-state index contributed by atoms with van der Waals surface area (Å²) in [5.41, 5.74) is -0.107. The van der Waals surface area contributed by atoms with Gasteiger partial charge in [-0.3, -0.25) is 9.62 Å². The Bertz CT molecular complexity index is 1270. The van der Waals surface area contributed by atoms with Gasteiger partial charge >= 0.3 is 0 Å². The standard InChI is InChI=1S/C23H26ClF3N4O3S/c1-22-9-14(10-22)31(11-22)13-23(34-2)6-7-30(12-23)16-8-15(25)21(20(27)19(16)24)35(32,33)29-18-5-3-4-17(26)28-18/h3-5,8,14H,6-7,9-13H2,1-2H3,(H,28,29)/t14?,22?,23-/m0/s1. The largest absolute Gasteiger partial charge is 0.375 e. The first-order chi connectivity index (χ1) is 16.4. The van der Waals surface area contributed by atoms with Crippen molar-refractivity contribution in [2.45, 2.75) is 42.7 Å². The summed E-state index contributed by atoms with van der Waals surface area (Å²) in [5.74, 6) is -4.10. The Hall–Kier alpha value is -2.08. The van der Waals surface area contributed by atoms with Crippen molar-refractivity contribution in [3.63, 3.8) is 0 Å². The Balaban J connectivity index is 1.39. The molecule has 1 aromatic carbocycles. The highest BCUT2D eigenvalue weighted by atomic mass is 35.5. The molecule has 1 saturated carbocycles. The molecule has 3 aliphatic heterocycles. The molecule has 35 heavy (non-hydrogen) atoms. The first-order valence-electron chi connectivity index (χ1n) is 11.3. The van der Waals surface area contributed by atoms with Crippen molar-refractivity contribution in [1.29, 1.82) is 0 Å². The van der Waals surface area contributed by atoms with Crippen LogP contribution in [0.3, 0.4) is 0 Å². The molecule has 1 aromatic heterocycles. The molecule has 4 heterocycles. The number of benzene rings is 1. The van der Waals surface area contributed by atoms with Crippen LogP contribution in [0.25, 0.3) is 0 Å². The molecule has 0 spiro atoms. The number of ether oxygens (including phenoxy) is 1. The molecule has 1 aliphatic carbocycles. The minimum absolute atomic E-state index is 0.0566. The predicted octanol–water partition coefficient (Wildman–Crippen LogP) is 4.03. The summed E-state index contributed by atoms with van der Waals surface area (Å²) in [5, 5.41) is -0.512. The van der Waals surface area contributed by atoms with E-state index in [1.807, 2.05) is 4.72 Å². The number of nitrogens with one attached hydrogen (secondary N) is 1. The smallest absolute Gasteiger partial charge is 0.268 e. The van der Waals surface area contributed by atoms with Gasteiger partial charge in [-0.25, -0.2) is 22.2 Å². The number of anilines is 2. The van der Waals surface area contributed by atoms with Gasteiger partial charge in [0.15, 0.2) is 10.7 Å². The van der Waals surface area contributed by atoms with Crippen LogP contribution in [0.1, 0.15) is 26.2 Å². The maximum absolute atomic E-state index is 15.2. The average Bonchev–Trinajstić information content (AvgIpc) is 3.41. The van der Waals surface area contributed by atoms with Gasteiger partial charge in [-0.05, 0) is 36.8 Å². The molecular weight excluding hydrogens is 505 g/mol. The summed E-state index contributed by atoms with van der Waals surface area (Å²) in [6.07, 6.45) is 2.98. The van der Waals surface area contributed by atoms with E-state index in [9.17, 15) is 12.8 Å². The highest BCUT2D eigenvalue weighted by Gasteiger charge is 2.54. The molecule has 2 aromatic rings. The number of methoxy groups -OCH3 is 1. The molecule has 2 bridgehead atoms. The van der Waals surface area contributed by atoms with Crippen molar-refractivity contribution in [3.05, 3.63) is 46.9 Å². The number of rotatable bonds is 7. The first-order valence-corrected chi connectivity index (χ1v) is 13.2. The van der Waals surface area contributed by atoms with Crippen LogP contribution >= 0.6 is 11.6 Å². The van der Waals surface area contributed by atoms with E-state index in [0.717, 1.165) is 24.7 Å². The van der Waals surface area contributed by atoms with E-state index < -0.39 is 48.9 Å². The number of hydrogen-bond acceptors (Lipinski definition) is 6. The predicted molar refractivity (Wildman–Crippen MR) is 126 cm³/mol. The lowest BCUT2D eigenvalue weighted by molar-refractivity contribution is -0.0202. The fourth-order valence-corrected chi connectivity index (χ4v) is 7.22. The Labute approximate surface area is 207 Å². The van der Waals surface area contributed by atoms with Crippen LogP contribution in [0.2, 0.25) is 5.02 Å². The lowest BCUT2D eigenvalue weighted by atomic mass is 9.72. The molecule has 12 heteroatoms. The van der Waals surface area contributed by atoms with Crippen LogP contribution in [0, 0.1) is 23.0 Å². The zero-order chi connectivity index (χ0) is 25.2. The van der Waals surface area contributed by atoms with Crippen LogP contribution in [-0.2, 0) is 14.8 Å². The fraction of sp³-hybridized carbons (Fsp3) is 0.522. The highest BCUT2D eigenvalue weighted by molar-refractivity contribution is 7.92. The minimum atomic E-state index is -4.77. The van der Waals surface area contributed by atoms with Crippen molar-refractivity contribution >= 4 is 33.1 Å². The van der Waals surface area contributed by atoms with Gasteiger partial charge in [0, 0.05) is 45.4 Å². The Morgan fingerprint density at radius 2 is 2.00 bits per heavy atom. The van der Waals surface area contributed by atoms with Crippen molar-refractivity contribution in [2.24, 2.45) is 5.41 Å². The molecular formula is C23H26ClF3N4O3S. The molecule has 4 fully saturated rings. The summed E-state index contributed by atoms with van der Waals surface area (Å²) in [6, 6.07) is 4.84. The van der Waals surface area contributed by atoms with E-state index in [1.54, 1.807) is 12.0 Å². The third kappa shape index (κ3) is 4.36. The second-order valence-corrected chi connectivity index (χ2v) is 12.1. The summed E-state index contributed by atoms with van der Waals surface area (Å²) in [4.78, 5) is 6.26. The summed E-state index contributed by atoms with van der Waals surface area (Å²) in [6.45, 7) is 4.80. The summed E-state index contributed by atoms with van der Waals surface area (Å²) < 4.78 is 76.8. The van der Waals surface area contributed by atoms with Crippen LogP contribution in [0.4, 0.5) is 24.7 Å². The normalized spacial score (nSPS) is 28.4. The Morgan fingerprint density at radius 1 is 1.26 bits per heavy atom. The molecule has 0 unspecified atom stereocenters. The number of hydrogen-bond donors (Lipinski definition) is 1. The van der Waals surface area contributed by atoms with Crippen LogP contribution in [0.5, 0.6) is 0 Å². The lowest BCUT2D eigenvalue weighted by Crippen LogP contribution is -2.47. The maximum atomic E-state index is 15.2. The number of nitrogens with zero attached hydrogens (tertiary/aromatic N) is 3. The molecule has 1 N–H and O–H groups in total. The highest BCUT2D eigenvalue weighted by Crippen LogP contribution is 2.52. The van der Waals surface area contributed by atoms with Gasteiger partial charge in [-0.15, -0.1) is 0 Å². The van der Waals surface area contributed by atoms with Gasteiger partial charge in [0.2, 0.25) is 5.95 Å². The van der Waals surface area contributed by atoms with Crippen molar-refractivity contribution < 1.29 is 26.3 Å². The fourth-order valence-electron chi connectivity index (χ4n) is 5.75. The molecule has 6 rings (SSSR count). The van der Waals surface area contributed by atoms with E-state index in [-0.39, 0.29) is 5.69 Å². The number of halogens is 4. The third-order valence-corrected chi connectivity index (χ3v) is 9.21. The number of aromatic nitrogens is 1. The lowest BCUT2D eigenvalue weighted by Gasteiger charge is -2.36. The minimum Gasteiger partial charge on any atom is -0.375 e. The number of pyridine rings is 1. The zero-order valence-corrected chi connectivity index (χ0v) is 20.9. The van der Waals surface area contributed by atoms with E-state index in [0.29, 0.717) is 37.5 Å². The zero-order valence-electron chi connectivity index (χ0n) is 19.3. The van der Waals surface area contributed by atoms with E-state index >= 15 is 8.78 Å². The van der Waals surface area contributed by atoms with Crippen molar-refractivity contribution in [1.82, 2.24) is 9.88 Å². The van der Waals surface area contributed by atoms with Crippen LogP contribution < -0.4 is 9.62 Å². The van der Waals surface area contributed by atoms with Gasteiger partial charge in [0.05, 0.1) is 11.3 Å². The number of sulfonamides is 1. The second kappa shape index (κ2) is 8.50. The van der Waals surface area contributed by atoms with Crippen molar-refractivity contribution in [2.75, 3.05) is 42.9 Å². The molecule has 0 radical (unpaired) electrons. The maximum Gasteiger partial charge on any atom is 0.268 e. The van der Waals surface area contributed by atoms with Crippen LogP contribution in [-0.4, -0.2) is 63.2 Å². The van der Waals surface area contributed by atoms with E-state index in [4.69, 9.17) is 16.3 Å². The summed E-state index contributed by atoms with van der Waals surface area (Å²) >= 11 is 6.24. The summed E-state index contributed by atoms with van der Waals surface area (Å²) in [7, 11) is -3.13. The van der Waals surface area contributed by atoms with E-state index in [2.05, 4.69) is 16.8 Å². The SMILES string of the molecule is CO[C@@]1(CN2CC3(C)CC2C3)CCN(c2cc(F)c(S(=O)(=O)Nc3cccc(F)n3)c(F)c2Cl)C1. The van der Waals surface area contributed by atoms with Crippen LogP contribution in [0.15, 0.2) is 29.2 Å². The van der Waals surface area contributed by atoms with Crippen molar-refractivity contribution in [3.8, 4) is 0 Å². The molecule has 3 saturated heterocycles. The Kier molecular flexibility index (Phi) is 5.98. The number of fused-ring (bicyclic) bond motifs is 1. The van der Waals surface area contributed by atoms with Gasteiger partial charge < -0.3 is 9.64 Å². The van der Waals surface area contributed by atoms with Gasteiger partial charge in [0.25, 0.3) is 10.0 Å². The first kappa shape index (κ1) is 24.6. The average molecular weight is 531 g/mol. The topological polar surface area (TPSA) is 74.8 Å². The van der Waals surface area contributed by atoms with Gasteiger partial charge in [-0.1, -0.05) is 24.6 Å². The van der Waals surface area contributed by atoms with Gasteiger partial charge in [-0.2, -0.15) is 4.39 Å². The second-order valence-electron chi connectivity index (χ2n) is 10.1. The molecule has 1 atom stereocenters. The quantitative estimate of drug-likeness (QED) is 0.430.